The Morgan fingerprint density at radius 2 is 2.00 bits per heavy atom. The van der Waals surface area contributed by atoms with Gasteiger partial charge >= 0.3 is 0 Å². The van der Waals surface area contributed by atoms with Gasteiger partial charge in [0.1, 0.15) is 5.78 Å². The lowest BCUT2D eigenvalue weighted by atomic mass is 9.42. The second-order valence-corrected chi connectivity index (χ2v) is 9.11. The molecule has 2 unspecified atom stereocenters. The first-order valence-corrected chi connectivity index (χ1v) is 9.91. The minimum absolute atomic E-state index is 0.0955. The van der Waals surface area contributed by atoms with Gasteiger partial charge in [0.25, 0.3) is 0 Å². The summed E-state index contributed by atoms with van der Waals surface area (Å²) < 4.78 is 0. The second kappa shape index (κ2) is 7.53. The number of rotatable bonds is 4. The fourth-order valence-electron chi connectivity index (χ4n) is 5.81. The third-order valence-electron chi connectivity index (χ3n) is 7.30. The molecule has 0 bridgehead atoms. The first-order valence-electron chi connectivity index (χ1n) is 9.91. The van der Waals surface area contributed by atoms with Crippen molar-refractivity contribution in [3.8, 4) is 11.8 Å². The molecule has 0 aromatic rings. The van der Waals surface area contributed by atoms with Gasteiger partial charge in [-0.05, 0) is 63.2 Å². The molecule has 6 atom stereocenters. The highest BCUT2D eigenvalue weighted by atomic mass is 16.1. The zero-order valence-electron chi connectivity index (χ0n) is 17.1. The van der Waals surface area contributed by atoms with Gasteiger partial charge in [-0.1, -0.05) is 50.8 Å². The number of Topliss-reactive ketones (excluding diaryl/α,β-unsaturated/α-hetero) is 1. The summed E-state index contributed by atoms with van der Waals surface area (Å²) in [5, 5.41) is 0. The number of hydrogen-bond donors (Lipinski definition) is 0. The minimum Gasteiger partial charge on any atom is -0.299 e. The van der Waals surface area contributed by atoms with Crippen LogP contribution in [0.5, 0.6) is 0 Å². The lowest BCUT2D eigenvalue weighted by Gasteiger charge is -2.60. The Kier molecular flexibility index (Phi) is 6.03. The summed E-state index contributed by atoms with van der Waals surface area (Å²) in [6.07, 6.45) is 9.28. The van der Waals surface area contributed by atoms with E-state index in [2.05, 4.69) is 59.1 Å². The maximum atomic E-state index is 13.1. The van der Waals surface area contributed by atoms with Crippen molar-refractivity contribution in [2.75, 3.05) is 0 Å². The number of carbonyl (C=O) groups excluding carboxylic acids is 1. The van der Waals surface area contributed by atoms with Crippen LogP contribution in [0.3, 0.4) is 0 Å². The summed E-state index contributed by atoms with van der Waals surface area (Å²) in [6.45, 7) is 17.2. The van der Waals surface area contributed by atoms with E-state index in [1.165, 1.54) is 18.4 Å². The van der Waals surface area contributed by atoms with Crippen LogP contribution in [0.25, 0.3) is 0 Å². The van der Waals surface area contributed by atoms with E-state index >= 15 is 0 Å². The number of hydrogen-bond acceptors (Lipinski definition) is 1. The smallest absolute Gasteiger partial charge is 0.140 e. The van der Waals surface area contributed by atoms with Gasteiger partial charge in [-0.2, -0.15) is 0 Å². The molecule has 25 heavy (non-hydrogen) atoms. The van der Waals surface area contributed by atoms with Crippen molar-refractivity contribution >= 4 is 5.78 Å². The molecule has 0 aromatic carbocycles. The molecular weight excluding hydrogens is 304 g/mol. The van der Waals surface area contributed by atoms with Crippen LogP contribution < -0.4 is 0 Å². The Balaban J connectivity index is 2.57. The van der Waals surface area contributed by atoms with E-state index in [1.54, 1.807) is 0 Å². The molecule has 0 saturated heterocycles. The highest BCUT2D eigenvalue weighted by Crippen LogP contribution is 2.63. The maximum Gasteiger partial charge on any atom is 0.140 e. The van der Waals surface area contributed by atoms with Gasteiger partial charge in [0.05, 0.1) is 0 Å². The SMILES string of the molecule is C=CC[C@]1(C)C(=O)C[C@H]2CC[C@H](C)C(CC=C(C)C)[C@]2(C)C1C#CC. The first-order chi connectivity index (χ1) is 11.7. The van der Waals surface area contributed by atoms with Crippen LogP contribution in [0.4, 0.5) is 0 Å². The molecule has 1 heteroatoms. The molecule has 2 aliphatic carbocycles. The molecule has 0 heterocycles. The predicted molar refractivity (Wildman–Crippen MR) is 107 cm³/mol. The summed E-state index contributed by atoms with van der Waals surface area (Å²) in [5.74, 6) is 8.96. The Hall–Kier alpha value is -1.29. The van der Waals surface area contributed by atoms with E-state index in [0.717, 1.165) is 19.3 Å². The minimum atomic E-state index is -0.393. The molecule has 0 aliphatic heterocycles. The summed E-state index contributed by atoms with van der Waals surface area (Å²) in [6, 6.07) is 0. The van der Waals surface area contributed by atoms with Crippen molar-refractivity contribution in [2.24, 2.45) is 34.5 Å². The standard InChI is InChI=1S/C24H36O/c1-8-10-21-23(6,15-9-2)22(25)16-19-13-12-18(5)20(24(19,21)7)14-11-17(3)4/h9,11,18-21H,2,12-16H2,1,3-7H3/t18-,19+,20?,21?,23-,24+/m0/s1. The van der Waals surface area contributed by atoms with E-state index in [-0.39, 0.29) is 11.3 Å². The van der Waals surface area contributed by atoms with Crippen LogP contribution in [0.15, 0.2) is 24.3 Å². The Morgan fingerprint density at radius 1 is 1.32 bits per heavy atom. The molecule has 2 saturated carbocycles. The summed E-state index contributed by atoms with van der Waals surface area (Å²) in [4.78, 5) is 13.1. The molecular formula is C24H36O. The van der Waals surface area contributed by atoms with Crippen LogP contribution in [0, 0.1) is 46.3 Å². The topological polar surface area (TPSA) is 17.1 Å². The Labute approximate surface area is 155 Å². The van der Waals surface area contributed by atoms with Gasteiger partial charge < -0.3 is 0 Å². The van der Waals surface area contributed by atoms with Crippen LogP contribution >= 0.6 is 0 Å². The molecule has 0 amide bonds. The van der Waals surface area contributed by atoms with Gasteiger partial charge in [0, 0.05) is 17.8 Å². The van der Waals surface area contributed by atoms with E-state index in [1.807, 2.05) is 13.0 Å². The van der Waals surface area contributed by atoms with Crippen molar-refractivity contribution in [3.05, 3.63) is 24.3 Å². The third-order valence-corrected chi connectivity index (χ3v) is 7.30. The zero-order valence-corrected chi connectivity index (χ0v) is 17.1. The van der Waals surface area contributed by atoms with Gasteiger partial charge in [0.2, 0.25) is 0 Å². The largest absolute Gasteiger partial charge is 0.299 e. The lowest BCUT2D eigenvalue weighted by Crippen LogP contribution is -2.58. The van der Waals surface area contributed by atoms with Crippen molar-refractivity contribution in [2.45, 2.75) is 73.6 Å². The van der Waals surface area contributed by atoms with Crippen LogP contribution in [0.2, 0.25) is 0 Å². The number of ketones is 1. The van der Waals surface area contributed by atoms with Crippen LogP contribution in [-0.2, 0) is 4.79 Å². The van der Waals surface area contributed by atoms with Gasteiger partial charge in [-0.3, -0.25) is 4.79 Å². The molecule has 2 rings (SSSR count). The number of carbonyl (C=O) groups is 1. The maximum absolute atomic E-state index is 13.1. The fourth-order valence-corrected chi connectivity index (χ4v) is 5.81. The number of fused-ring (bicyclic) bond motifs is 1. The van der Waals surface area contributed by atoms with E-state index in [9.17, 15) is 4.79 Å². The van der Waals surface area contributed by atoms with Crippen molar-refractivity contribution in [1.29, 1.82) is 0 Å². The predicted octanol–water partition coefficient (Wildman–Crippen LogP) is 6.21. The molecule has 2 aliphatic rings. The van der Waals surface area contributed by atoms with Crippen molar-refractivity contribution in [3.63, 3.8) is 0 Å². The third kappa shape index (κ3) is 3.38. The summed E-state index contributed by atoms with van der Waals surface area (Å²) >= 11 is 0. The zero-order chi connectivity index (χ0) is 18.8. The summed E-state index contributed by atoms with van der Waals surface area (Å²) in [7, 11) is 0. The first kappa shape index (κ1) is 20.0. The average Bonchev–Trinajstić information content (AvgIpc) is 2.53. The molecule has 0 aromatic heterocycles. The normalized spacial score (nSPS) is 40.5. The van der Waals surface area contributed by atoms with Crippen molar-refractivity contribution < 1.29 is 4.79 Å². The highest BCUT2D eigenvalue weighted by Gasteiger charge is 2.61. The van der Waals surface area contributed by atoms with Crippen molar-refractivity contribution in [1.82, 2.24) is 0 Å². The van der Waals surface area contributed by atoms with E-state index in [0.29, 0.717) is 23.5 Å². The average molecular weight is 341 g/mol. The van der Waals surface area contributed by atoms with Crippen LogP contribution in [0.1, 0.15) is 73.6 Å². The quantitative estimate of drug-likeness (QED) is 0.439. The molecule has 0 N–H and O–H groups in total. The van der Waals surface area contributed by atoms with Gasteiger partial charge in [-0.25, -0.2) is 0 Å². The monoisotopic (exact) mass is 340 g/mol. The lowest BCUT2D eigenvalue weighted by molar-refractivity contribution is -0.155. The molecule has 2 fully saturated rings. The van der Waals surface area contributed by atoms with E-state index in [4.69, 9.17) is 0 Å². The Bertz CT molecular complexity index is 612. The molecule has 138 valence electrons. The molecule has 0 radical (unpaired) electrons. The van der Waals surface area contributed by atoms with Gasteiger partial charge in [0.15, 0.2) is 0 Å². The highest BCUT2D eigenvalue weighted by molar-refractivity contribution is 5.87. The van der Waals surface area contributed by atoms with Crippen LogP contribution in [-0.4, -0.2) is 5.78 Å². The fraction of sp³-hybridized carbons (Fsp3) is 0.708. The molecule has 1 nitrogen and oxygen atoms in total. The van der Waals surface area contributed by atoms with Gasteiger partial charge in [-0.15, -0.1) is 12.5 Å². The second-order valence-electron chi connectivity index (χ2n) is 9.11. The van der Waals surface area contributed by atoms with E-state index < -0.39 is 5.41 Å². The molecule has 0 spiro atoms. The Morgan fingerprint density at radius 3 is 2.56 bits per heavy atom. The summed E-state index contributed by atoms with van der Waals surface area (Å²) in [5.41, 5.74) is 1.09. The number of allylic oxidation sites excluding steroid dienone is 3.